The quantitative estimate of drug-likeness (QED) is 0.790. The van der Waals surface area contributed by atoms with Gasteiger partial charge in [-0.05, 0) is 5.56 Å². The molecule has 3 heteroatoms. The van der Waals surface area contributed by atoms with Crippen molar-refractivity contribution in [2.45, 2.75) is 6.17 Å². The number of hydrogen-bond acceptors (Lipinski definition) is 3. The molecule has 1 aromatic rings. The van der Waals surface area contributed by atoms with Crippen LogP contribution in [0.1, 0.15) is 5.56 Å². The van der Waals surface area contributed by atoms with Crippen LogP contribution in [0, 0.1) is 0 Å². The molecule has 86 valence electrons. The fourth-order valence-corrected chi connectivity index (χ4v) is 1.88. The summed E-state index contributed by atoms with van der Waals surface area (Å²) in [6, 6.07) is 10.3. The minimum Gasteiger partial charge on any atom is -0.314 e. The van der Waals surface area contributed by atoms with Crippen LogP contribution in [-0.4, -0.2) is 37.2 Å². The average molecular weight is 217 g/mol. The first-order valence-corrected chi connectivity index (χ1v) is 5.80. The van der Waals surface area contributed by atoms with E-state index in [-0.39, 0.29) is 6.17 Å². The Balaban J connectivity index is 1.91. The number of piperazine rings is 1. The van der Waals surface area contributed by atoms with Gasteiger partial charge in [0.25, 0.3) is 0 Å². The highest BCUT2D eigenvalue weighted by Crippen LogP contribution is 2.04. The van der Waals surface area contributed by atoms with Crippen molar-refractivity contribution in [1.82, 2.24) is 10.2 Å². The van der Waals surface area contributed by atoms with Crippen LogP contribution in [0.15, 0.2) is 36.4 Å². The lowest BCUT2D eigenvalue weighted by atomic mass is 10.2. The number of benzene rings is 1. The summed E-state index contributed by atoms with van der Waals surface area (Å²) in [4.78, 5) is 2.29. The van der Waals surface area contributed by atoms with Crippen LogP contribution in [-0.2, 0) is 0 Å². The molecule has 1 unspecified atom stereocenters. The van der Waals surface area contributed by atoms with Crippen LogP contribution in [0.25, 0.3) is 6.08 Å². The number of rotatable bonds is 3. The molecule has 1 fully saturated rings. The minimum absolute atomic E-state index is 0.0299. The Bertz CT molecular complexity index is 328. The van der Waals surface area contributed by atoms with Crippen LogP contribution in [0.4, 0.5) is 0 Å². The highest BCUT2D eigenvalue weighted by Gasteiger charge is 2.13. The molecule has 1 aliphatic rings. The van der Waals surface area contributed by atoms with E-state index in [2.05, 4.69) is 34.5 Å². The first-order valence-electron chi connectivity index (χ1n) is 5.80. The van der Waals surface area contributed by atoms with Crippen molar-refractivity contribution < 1.29 is 0 Å². The molecule has 0 bridgehead atoms. The lowest BCUT2D eigenvalue weighted by molar-refractivity contribution is 0.206. The van der Waals surface area contributed by atoms with Gasteiger partial charge in [-0.15, -0.1) is 0 Å². The predicted octanol–water partition coefficient (Wildman–Crippen LogP) is 0.890. The third-order valence-electron chi connectivity index (χ3n) is 2.86. The van der Waals surface area contributed by atoms with Crippen molar-refractivity contribution in [3.8, 4) is 0 Å². The first-order chi connectivity index (χ1) is 7.86. The number of nitrogens with zero attached hydrogens (tertiary/aromatic N) is 1. The summed E-state index contributed by atoms with van der Waals surface area (Å²) < 4.78 is 0. The SMILES string of the molecule is NC(C=Cc1ccccc1)N1CCNCC1. The summed E-state index contributed by atoms with van der Waals surface area (Å²) in [5.74, 6) is 0. The molecule has 0 saturated carbocycles. The smallest absolute Gasteiger partial charge is 0.0768 e. The minimum atomic E-state index is 0.0299. The Labute approximate surface area is 96.9 Å². The largest absolute Gasteiger partial charge is 0.314 e. The molecule has 2 rings (SSSR count). The van der Waals surface area contributed by atoms with E-state index in [1.54, 1.807) is 0 Å². The maximum atomic E-state index is 6.11. The van der Waals surface area contributed by atoms with Crippen molar-refractivity contribution in [2.24, 2.45) is 5.73 Å². The van der Waals surface area contributed by atoms with Gasteiger partial charge in [0.15, 0.2) is 0 Å². The molecule has 1 aliphatic heterocycles. The summed E-state index contributed by atoms with van der Waals surface area (Å²) >= 11 is 0. The second-order valence-electron chi connectivity index (χ2n) is 4.05. The van der Waals surface area contributed by atoms with E-state index in [1.165, 1.54) is 5.56 Å². The van der Waals surface area contributed by atoms with E-state index in [4.69, 9.17) is 5.73 Å². The highest BCUT2D eigenvalue weighted by molar-refractivity contribution is 5.49. The van der Waals surface area contributed by atoms with Crippen molar-refractivity contribution in [1.29, 1.82) is 0 Å². The van der Waals surface area contributed by atoms with Gasteiger partial charge in [-0.25, -0.2) is 0 Å². The maximum absolute atomic E-state index is 6.11. The molecule has 0 aromatic heterocycles. The van der Waals surface area contributed by atoms with Crippen molar-refractivity contribution in [2.75, 3.05) is 26.2 Å². The second-order valence-corrected chi connectivity index (χ2v) is 4.05. The number of nitrogens with two attached hydrogens (primary N) is 1. The Morgan fingerprint density at radius 2 is 1.88 bits per heavy atom. The molecular weight excluding hydrogens is 198 g/mol. The summed E-state index contributed by atoms with van der Waals surface area (Å²) in [6.45, 7) is 4.13. The van der Waals surface area contributed by atoms with Gasteiger partial charge in [0.1, 0.15) is 0 Å². The molecule has 1 saturated heterocycles. The third-order valence-corrected chi connectivity index (χ3v) is 2.86. The van der Waals surface area contributed by atoms with Gasteiger partial charge in [-0.2, -0.15) is 0 Å². The molecule has 0 aliphatic carbocycles. The summed E-state index contributed by atoms with van der Waals surface area (Å²) in [5, 5.41) is 3.32. The van der Waals surface area contributed by atoms with Crippen LogP contribution < -0.4 is 11.1 Å². The molecule has 3 nitrogen and oxygen atoms in total. The Hall–Kier alpha value is -1.16. The molecule has 1 atom stereocenters. The molecule has 1 heterocycles. The van der Waals surface area contributed by atoms with Crippen LogP contribution in [0.2, 0.25) is 0 Å². The van der Waals surface area contributed by atoms with E-state index < -0.39 is 0 Å². The van der Waals surface area contributed by atoms with Gasteiger partial charge < -0.3 is 11.1 Å². The Kier molecular flexibility index (Phi) is 4.10. The maximum Gasteiger partial charge on any atom is 0.0768 e. The van der Waals surface area contributed by atoms with Crippen LogP contribution in [0.5, 0.6) is 0 Å². The molecule has 0 spiro atoms. The fraction of sp³-hybridized carbons (Fsp3) is 0.385. The molecule has 1 aromatic carbocycles. The second kappa shape index (κ2) is 5.80. The standard InChI is InChI=1S/C13H19N3/c14-13(16-10-8-15-9-11-16)7-6-12-4-2-1-3-5-12/h1-7,13,15H,8-11,14H2. The number of nitrogens with one attached hydrogen (secondary N) is 1. The predicted molar refractivity (Wildman–Crippen MR) is 67.9 cm³/mol. The fourth-order valence-electron chi connectivity index (χ4n) is 1.88. The van der Waals surface area contributed by atoms with Crippen LogP contribution in [0.3, 0.4) is 0 Å². The number of hydrogen-bond donors (Lipinski definition) is 2. The zero-order chi connectivity index (χ0) is 11.2. The van der Waals surface area contributed by atoms with Crippen LogP contribution >= 0.6 is 0 Å². The summed E-state index contributed by atoms with van der Waals surface area (Å²) in [6.07, 6.45) is 4.19. The van der Waals surface area contributed by atoms with E-state index in [9.17, 15) is 0 Å². The normalized spacial score (nSPS) is 20.1. The molecule has 0 radical (unpaired) electrons. The molecular formula is C13H19N3. The topological polar surface area (TPSA) is 41.3 Å². The molecule has 0 amide bonds. The van der Waals surface area contributed by atoms with Gasteiger partial charge in [-0.1, -0.05) is 42.5 Å². The van der Waals surface area contributed by atoms with Crippen molar-refractivity contribution >= 4 is 6.08 Å². The monoisotopic (exact) mass is 217 g/mol. The van der Waals surface area contributed by atoms with Crippen molar-refractivity contribution in [3.05, 3.63) is 42.0 Å². The van der Waals surface area contributed by atoms with Gasteiger partial charge >= 0.3 is 0 Å². The molecule has 3 N–H and O–H groups in total. The Morgan fingerprint density at radius 1 is 1.19 bits per heavy atom. The van der Waals surface area contributed by atoms with E-state index >= 15 is 0 Å². The van der Waals surface area contributed by atoms with Crippen molar-refractivity contribution in [3.63, 3.8) is 0 Å². The van der Waals surface area contributed by atoms with Gasteiger partial charge in [0, 0.05) is 26.2 Å². The van der Waals surface area contributed by atoms with E-state index in [0.717, 1.165) is 26.2 Å². The van der Waals surface area contributed by atoms with Gasteiger partial charge in [-0.3, -0.25) is 4.90 Å². The zero-order valence-electron chi connectivity index (χ0n) is 9.47. The average Bonchev–Trinajstić information content (AvgIpc) is 2.38. The van der Waals surface area contributed by atoms with E-state index in [0.29, 0.717) is 0 Å². The lowest BCUT2D eigenvalue weighted by Crippen LogP contribution is -2.51. The summed E-state index contributed by atoms with van der Waals surface area (Å²) in [7, 11) is 0. The van der Waals surface area contributed by atoms with Gasteiger partial charge in [0.05, 0.1) is 6.17 Å². The molecule has 16 heavy (non-hydrogen) atoms. The highest BCUT2D eigenvalue weighted by atomic mass is 15.3. The Morgan fingerprint density at radius 3 is 2.56 bits per heavy atom. The third kappa shape index (κ3) is 3.17. The summed E-state index contributed by atoms with van der Waals surface area (Å²) in [5.41, 5.74) is 7.31. The lowest BCUT2D eigenvalue weighted by Gasteiger charge is -2.30. The zero-order valence-corrected chi connectivity index (χ0v) is 9.47. The van der Waals surface area contributed by atoms with Gasteiger partial charge in [0.2, 0.25) is 0 Å². The van der Waals surface area contributed by atoms with E-state index in [1.807, 2.05) is 18.2 Å². The first kappa shape index (κ1) is 11.3.